The highest BCUT2D eigenvalue weighted by atomic mass is 16.3. The van der Waals surface area contributed by atoms with Crippen molar-refractivity contribution in [3.05, 3.63) is 0 Å². The van der Waals surface area contributed by atoms with Gasteiger partial charge < -0.3 is 16.2 Å². The molecule has 0 aromatic rings. The van der Waals surface area contributed by atoms with E-state index in [1.54, 1.807) is 0 Å². The first-order valence-electron chi connectivity index (χ1n) is 7.36. The maximum atomic E-state index is 11.1. The molecule has 1 aliphatic heterocycles. The number of carbonyl (C=O) groups excluding carboxylic acids is 1. The summed E-state index contributed by atoms with van der Waals surface area (Å²) in [4.78, 5) is 13.2. The van der Waals surface area contributed by atoms with Crippen molar-refractivity contribution in [3.63, 3.8) is 0 Å². The van der Waals surface area contributed by atoms with Crippen LogP contribution in [0.25, 0.3) is 0 Å². The summed E-state index contributed by atoms with van der Waals surface area (Å²) >= 11 is 0. The van der Waals surface area contributed by atoms with E-state index >= 15 is 0 Å². The summed E-state index contributed by atoms with van der Waals surface area (Å²) in [5.74, 6) is 0.881. The molecule has 0 aliphatic carbocycles. The van der Waals surface area contributed by atoms with Crippen LogP contribution in [0.2, 0.25) is 0 Å². The molecule has 2 unspecified atom stereocenters. The zero-order valence-electron chi connectivity index (χ0n) is 12.3. The minimum Gasteiger partial charge on any atom is -0.396 e. The quantitative estimate of drug-likeness (QED) is 0.588. The number of piperidine rings is 1. The van der Waals surface area contributed by atoms with Crippen molar-refractivity contribution in [2.45, 2.75) is 39.2 Å². The molecule has 0 aromatic carbocycles. The number of nitrogens with zero attached hydrogens (tertiary/aromatic N) is 1. The second kappa shape index (κ2) is 8.51. The lowest BCUT2D eigenvalue weighted by Crippen LogP contribution is -2.51. The molecule has 0 spiro atoms. The smallest absolute Gasteiger partial charge is 0.231 e. The molecule has 1 saturated heterocycles. The van der Waals surface area contributed by atoms with Gasteiger partial charge >= 0.3 is 0 Å². The van der Waals surface area contributed by atoms with E-state index in [4.69, 9.17) is 10.8 Å². The van der Waals surface area contributed by atoms with Crippen LogP contribution in [0.5, 0.6) is 0 Å². The minimum atomic E-state index is -0.273. The molecule has 1 rings (SSSR count). The number of carbonyl (C=O) groups is 1. The Morgan fingerprint density at radius 2 is 2.21 bits per heavy atom. The highest BCUT2D eigenvalue weighted by Gasteiger charge is 2.27. The van der Waals surface area contributed by atoms with Gasteiger partial charge in [-0.25, -0.2) is 0 Å². The number of likely N-dealkylation sites (tertiary alicyclic amines) is 1. The molecule has 0 bridgehead atoms. The Morgan fingerprint density at radius 3 is 2.79 bits per heavy atom. The molecule has 5 heteroatoms. The number of aliphatic hydroxyl groups is 1. The van der Waals surface area contributed by atoms with Crippen LogP contribution in [-0.2, 0) is 4.79 Å². The molecule has 1 amide bonds. The Morgan fingerprint density at radius 1 is 1.47 bits per heavy atom. The number of rotatable bonds is 8. The molecule has 0 aromatic heterocycles. The molecule has 5 nitrogen and oxygen atoms in total. The first-order chi connectivity index (χ1) is 9.01. The average molecular weight is 271 g/mol. The fraction of sp³-hybridized carbons (Fsp3) is 0.929. The Hall–Kier alpha value is -0.650. The third kappa shape index (κ3) is 6.89. The van der Waals surface area contributed by atoms with Crippen molar-refractivity contribution >= 4 is 5.91 Å². The van der Waals surface area contributed by atoms with E-state index in [9.17, 15) is 4.79 Å². The van der Waals surface area contributed by atoms with Gasteiger partial charge in [-0.3, -0.25) is 9.69 Å². The van der Waals surface area contributed by atoms with Crippen LogP contribution in [0, 0.1) is 11.8 Å². The third-order valence-electron chi connectivity index (χ3n) is 3.68. The molecule has 0 radical (unpaired) electrons. The van der Waals surface area contributed by atoms with E-state index < -0.39 is 0 Å². The van der Waals surface area contributed by atoms with Crippen LogP contribution < -0.4 is 11.1 Å². The molecule has 4 N–H and O–H groups in total. The van der Waals surface area contributed by atoms with Crippen LogP contribution >= 0.6 is 0 Å². The van der Waals surface area contributed by atoms with Crippen LogP contribution in [0.15, 0.2) is 0 Å². The number of primary amides is 1. The first-order valence-corrected chi connectivity index (χ1v) is 7.36. The summed E-state index contributed by atoms with van der Waals surface area (Å²) in [5, 5.41) is 12.7. The highest BCUT2D eigenvalue weighted by Crippen LogP contribution is 2.19. The minimum absolute atomic E-state index is 0.216. The Kier molecular flexibility index (Phi) is 7.34. The summed E-state index contributed by atoms with van der Waals surface area (Å²) in [7, 11) is 0. The number of hydrogen-bond acceptors (Lipinski definition) is 4. The van der Waals surface area contributed by atoms with Gasteiger partial charge in [-0.2, -0.15) is 0 Å². The summed E-state index contributed by atoms with van der Waals surface area (Å²) in [6.45, 7) is 7.73. The summed E-state index contributed by atoms with van der Waals surface area (Å²) < 4.78 is 0. The molecular weight excluding hydrogens is 242 g/mol. The second-order valence-electron chi connectivity index (χ2n) is 6.11. The predicted molar refractivity (Wildman–Crippen MR) is 76.7 cm³/mol. The van der Waals surface area contributed by atoms with E-state index in [-0.39, 0.29) is 12.5 Å². The molecule has 112 valence electrons. The maximum Gasteiger partial charge on any atom is 0.231 e. The highest BCUT2D eigenvalue weighted by molar-refractivity contribution is 5.75. The number of hydrogen-bond donors (Lipinski definition) is 3. The van der Waals surface area contributed by atoms with Gasteiger partial charge in [-0.1, -0.05) is 13.8 Å². The lowest BCUT2D eigenvalue weighted by molar-refractivity contribution is -0.119. The van der Waals surface area contributed by atoms with E-state index in [2.05, 4.69) is 24.1 Å². The van der Waals surface area contributed by atoms with Gasteiger partial charge in [0.15, 0.2) is 0 Å². The largest absolute Gasteiger partial charge is 0.396 e. The Bertz CT molecular complexity index is 271. The number of aliphatic hydroxyl groups excluding tert-OH is 1. The van der Waals surface area contributed by atoms with Crippen LogP contribution in [-0.4, -0.2) is 54.7 Å². The van der Waals surface area contributed by atoms with Crippen LogP contribution in [0.1, 0.15) is 33.1 Å². The molecule has 0 saturated carbocycles. The maximum absolute atomic E-state index is 11.1. The van der Waals surface area contributed by atoms with Crippen LogP contribution in [0.3, 0.4) is 0 Å². The third-order valence-corrected chi connectivity index (χ3v) is 3.68. The van der Waals surface area contributed by atoms with Gasteiger partial charge in [-0.05, 0) is 37.6 Å². The number of nitrogens with one attached hydrogen (secondary N) is 1. The predicted octanol–water partition coefficient (Wildman–Crippen LogP) is 0.180. The molecule has 1 aliphatic rings. The summed E-state index contributed by atoms with van der Waals surface area (Å²) in [5.41, 5.74) is 5.28. The lowest BCUT2D eigenvalue weighted by Gasteiger charge is -2.37. The monoisotopic (exact) mass is 271 g/mol. The molecule has 2 atom stereocenters. The standard InChI is InChI=1S/C14H29N3O2/c1-11(2)3-5-16-13-7-12(4-6-18)8-17(9-13)10-14(15)19/h11-13,16,18H,3-10H2,1-2H3,(H2,15,19). The fourth-order valence-corrected chi connectivity index (χ4v) is 2.77. The number of amides is 1. The van der Waals surface area contributed by atoms with Crippen molar-refractivity contribution in [3.8, 4) is 0 Å². The molecular formula is C14H29N3O2. The average Bonchev–Trinajstić information content (AvgIpc) is 2.27. The van der Waals surface area contributed by atoms with Crippen molar-refractivity contribution in [2.24, 2.45) is 17.6 Å². The molecule has 19 heavy (non-hydrogen) atoms. The van der Waals surface area contributed by atoms with Crippen molar-refractivity contribution in [1.29, 1.82) is 0 Å². The van der Waals surface area contributed by atoms with Gasteiger partial charge in [0.05, 0.1) is 6.54 Å². The topological polar surface area (TPSA) is 78.6 Å². The molecule has 1 fully saturated rings. The second-order valence-corrected chi connectivity index (χ2v) is 6.11. The van der Waals surface area contributed by atoms with Crippen molar-refractivity contribution in [2.75, 3.05) is 32.8 Å². The van der Waals surface area contributed by atoms with Gasteiger partial charge in [0, 0.05) is 25.7 Å². The van der Waals surface area contributed by atoms with Crippen molar-refractivity contribution in [1.82, 2.24) is 10.2 Å². The SMILES string of the molecule is CC(C)CCNC1CC(CCO)CN(CC(N)=O)C1. The lowest BCUT2D eigenvalue weighted by atomic mass is 9.91. The zero-order valence-corrected chi connectivity index (χ0v) is 12.3. The van der Waals surface area contributed by atoms with Crippen molar-refractivity contribution < 1.29 is 9.90 Å². The summed E-state index contributed by atoms with van der Waals surface area (Å²) in [6, 6.07) is 0.406. The fourth-order valence-electron chi connectivity index (χ4n) is 2.77. The van der Waals surface area contributed by atoms with E-state index in [1.165, 1.54) is 0 Å². The molecule has 1 heterocycles. The normalized spacial score (nSPS) is 24.8. The zero-order chi connectivity index (χ0) is 14.3. The van der Waals surface area contributed by atoms with E-state index in [1.807, 2.05) is 0 Å². The van der Waals surface area contributed by atoms with Gasteiger partial charge in [-0.15, -0.1) is 0 Å². The Labute approximate surface area is 116 Å². The van der Waals surface area contributed by atoms with E-state index in [0.717, 1.165) is 38.9 Å². The summed E-state index contributed by atoms with van der Waals surface area (Å²) in [6.07, 6.45) is 3.04. The first kappa shape index (κ1) is 16.4. The van der Waals surface area contributed by atoms with E-state index in [0.29, 0.717) is 24.4 Å². The number of nitrogens with two attached hydrogens (primary N) is 1. The van der Waals surface area contributed by atoms with Crippen LogP contribution in [0.4, 0.5) is 0 Å². The van der Waals surface area contributed by atoms with Gasteiger partial charge in [0.25, 0.3) is 0 Å². The Balaban J connectivity index is 2.42. The van der Waals surface area contributed by atoms with Gasteiger partial charge in [0.2, 0.25) is 5.91 Å². The van der Waals surface area contributed by atoms with Gasteiger partial charge in [0.1, 0.15) is 0 Å².